The number of hydrogen-bond acceptors (Lipinski definition) is 4. The molecule has 2 saturated heterocycles. The maximum atomic E-state index is 15.0. The van der Waals surface area contributed by atoms with Crippen LogP contribution in [0.5, 0.6) is 0 Å². The first kappa shape index (κ1) is 19.9. The van der Waals surface area contributed by atoms with Crippen LogP contribution in [-0.4, -0.2) is 46.3 Å². The van der Waals surface area contributed by atoms with E-state index < -0.39 is 35.7 Å². The molecule has 0 spiro atoms. The number of amides is 1. The highest BCUT2D eigenvalue weighted by molar-refractivity contribution is 5.86. The number of aliphatic hydroxyl groups is 1. The number of fused-ring (bicyclic) bond motifs is 1. The Morgan fingerprint density at radius 2 is 1.52 bits per heavy atom. The molecule has 2 heterocycles. The van der Waals surface area contributed by atoms with Crippen molar-refractivity contribution in [3.05, 3.63) is 71.8 Å². The number of nitrogens with zero attached hydrogens (tertiary/aromatic N) is 1. The average molecular weight is 403 g/mol. The van der Waals surface area contributed by atoms with Crippen LogP contribution in [0, 0.1) is 5.92 Å². The van der Waals surface area contributed by atoms with Crippen molar-refractivity contribution in [2.24, 2.45) is 5.92 Å². The minimum absolute atomic E-state index is 0.0232. The van der Waals surface area contributed by atoms with Gasteiger partial charge in [-0.05, 0) is 11.1 Å². The molecule has 1 amide bonds. The summed E-state index contributed by atoms with van der Waals surface area (Å²) in [7, 11) is 0. The second-order valence-electron chi connectivity index (χ2n) is 7.63. The number of carbonyl (C=O) groups is 1. The first-order valence-electron chi connectivity index (χ1n) is 9.58. The second kappa shape index (κ2) is 7.48. The van der Waals surface area contributed by atoms with Gasteiger partial charge in [-0.2, -0.15) is 0 Å². The molecule has 2 aromatic rings. The standard InChI is InChI=1S/C22H23F2NO4/c1-15-12-25-20(26)18(28-13-16-8-4-2-5-9-16)19(22(25,27)21(15,23)24)29-14-17-10-6-3-7-11-17/h2-11,15,18-19,27H,12-14H2,1H3/t15-,18-,19-,22+/m1/s1. The largest absolute Gasteiger partial charge is 0.365 e. The second-order valence-corrected chi connectivity index (χ2v) is 7.63. The molecule has 7 heteroatoms. The lowest BCUT2D eigenvalue weighted by molar-refractivity contribution is -0.267. The number of benzene rings is 2. The van der Waals surface area contributed by atoms with Crippen LogP contribution in [-0.2, 0) is 27.5 Å². The normalized spacial score (nSPS) is 30.6. The smallest absolute Gasteiger partial charge is 0.301 e. The van der Waals surface area contributed by atoms with Gasteiger partial charge >= 0.3 is 5.92 Å². The lowest BCUT2D eigenvalue weighted by Crippen LogP contribution is -2.60. The molecule has 0 unspecified atom stereocenters. The summed E-state index contributed by atoms with van der Waals surface area (Å²) in [5, 5.41) is 11.1. The molecule has 0 aromatic heterocycles. The molecular weight excluding hydrogens is 380 g/mol. The van der Waals surface area contributed by atoms with Gasteiger partial charge in [0.2, 0.25) is 5.72 Å². The summed E-state index contributed by atoms with van der Waals surface area (Å²) in [5.74, 6) is -5.38. The molecule has 1 N–H and O–H groups in total. The van der Waals surface area contributed by atoms with Gasteiger partial charge in [-0.15, -0.1) is 0 Å². The van der Waals surface area contributed by atoms with E-state index in [1.807, 2.05) is 36.4 Å². The van der Waals surface area contributed by atoms with Crippen LogP contribution in [0.15, 0.2) is 60.7 Å². The highest BCUT2D eigenvalue weighted by Crippen LogP contribution is 2.52. The number of ether oxygens (including phenoxy) is 2. The van der Waals surface area contributed by atoms with Gasteiger partial charge in [-0.25, -0.2) is 8.78 Å². The zero-order valence-corrected chi connectivity index (χ0v) is 16.0. The molecule has 0 radical (unpaired) electrons. The summed E-state index contributed by atoms with van der Waals surface area (Å²) in [6.07, 6.45) is -2.83. The zero-order chi connectivity index (χ0) is 20.6. The van der Waals surface area contributed by atoms with Crippen molar-refractivity contribution in [1.29, 1.82) is 0 Å². The molecule has 4 atom stereocenters. The Bertz CT molecular complexity index is 864. The van der Waals surface area contributed by atoms with E-state index in [2.05, 4.69) is 0 Å². The topological polar surface area (TPSA) is 59.0 Å². The third-order valence-electron chi connectivity index (χ3n) is 5.70. The van der Waals surface area contributed by atoms with Crippen molar-refractivity contribution in [1.82, 2.24) is 4.90 Å². The van der Waals surface area contributed by atoms with Gasteiger partial charge in [-0.3, -0.25) is 4.79 Å². The minimum atomic E-state index is -3.52. The quantitative estimate of drug-likeness (QED) is 0.806. The Morgan fingerprint density at radius 3 is 2.07 bits per heavy atom. The highest BCUT2D eigenvalue weighted by Gasteiger charge is 2.76. The summed E-state index contributed by atoms with van der Waals surface area (Å²) in [6, 6.07) is 18.1. The number of rotatable bonds is 6. The molecule has 4 rings (SSSR count). The maximum Gasteiger partial charge on any atom is 0.301 e. The van der Waals surface area contributed by atoms with Crippen LogP contribution in [0.3, 0.4) is 0 Å². The predicted molar refractivity (Wildman–Crippen MR) is 101 cm³/mol. The van der Waals surface area contributed by atoms with Crippen LogP contribution >= 0.6 is 0 Å². The summed E-state index contributed by atoms with van der Waals surface area (Å²) >= 11 is 0. The van der Waals surface area contributed by atoms with Gasteiger partial charge in [0.1, 0.15) is 6.10 Å². The molecule has 2 aromatic carbocycles. The average Bonchev–Trinajstić information content (AvgIpc) is 3.05. The van der Waals surface area contributed by atoms with Gasteiger partial charge in [0, 0.05) is 12.5 Å². The number of halogens is 2. The van der Waals surface area contributed by atoms with Crippen LogP contribution in [0.4, 0.5) is 8.78 Å². The van der Waals surface area contributed by atoms with E-state index in [9.17, 15) is 18.7 Å². The number of alkyl halides is 2. The van der Waals surface area contributed by atoms with Crippen molar-refractivity contribution in [2.45, 2.75) is 44.0 Å². The number of hydrogen-bond donors (Lipinski definition) is 1. The van der Waals surface area contributed by atoms with E-state index in [4.69, 9.17) is 9.47 Å². The Morgan fingerprint density at radius 1 is 1.00 bits per heavy atom. The van der Waals surface area contributed by atoms with E-state index >= 15 is 0 Å². The molecule has 2 aliphatic heterocycles. The third kappa shape index (κ3) is 3.23. The molecule has 0 bridgehead atoms. The van der Waals surface area contributed by atoms with Gasteiger partial charge < -0.3 is 19.5 Å². The van der Waals surface area contributed by atoms with Crippen LogP contribution in [0.2, 0.25) is 0 Å². The van der Waals surface area contributed by atoms with Crippen LogP contribution < -0.4 is 0 Å². The van der Waals surface area contributed by atoms with Crippen molar-refractivity contribution >= 4 is 5.91 Å². The van der Waals surface area contributed by atoms with Crippen LogP contribution in [0.25, 0.3) is 0 Å². The fourth-order valence-corrected chi connectivity index (χ4v) is 4.05. The van der Waals surface area contributed by atoms with E-state index in [0.29, 0.717) is 0 Å². The summed E-state index contributed by atoms with van der Waals surface area (Å²) in [6.45, 7) is 1.09. The van der Waals surface area contributed by atoms with Gasteiger partial charge in [0.15, 0.2) is 6.10 Å². The molecule has 2 aliphatic rings. The Hall–Kier alpha value is -2.35. The molecule has 0 aliphatic carbocycles. The molecule has 0 saturated carbocycles. The molecule has 5 nitrogen and oxygen atoms in total. The van der Waals surface area contributed by atoms with E-state index in [1.165, 1.54) is 6.92 Å². The van der Waals surface area contributed by atoms with E-state index in [1.54, 1.807) is 24.3 Å². The summed E-state index contributed by atoms with van der Waals surface area (Å²) < 4.78 is 41.4. The molecular formula is C22H23F2NO4. The van der Waals surface area contributed by atoms with E-state index in [0.717, 1.165) is 16.0 Å². The lowest BCUT2D eigenvalue weighted by atomic mass is 9.93. The Labute approximate surface area is 167 Å². The van der Waals surface area contributed by atoms with Gasteiger partial charge in [-0.1, -0.05) is 67.6 Å². The summed E-state index contributed by atoms with van der Waals surface area (Å²) in [5.41, 5.74) is -1.20. The van der Waals surface area contributed by atoms with Crippen molar-refractivity contribution in [3.63, 3.8) is 0 Å². The number of carbonyl (C=O) groups excluding carboxylic acids is 1. The minimum Gasteiger partial charge on any atom is -0.365 e. The Balaban J connectivity index is 1.61. The van der Waals surface area contributed by atoms with Crippen LogP contribution in [0.1, 0.15) is 18.1 Å². The molecule has 29 heavy (non-hydrogen) atoms. The van der Waals surface area contributed by atoms with Crippen molar-refractivity contribution < 1.29 is 28.2 Å². The molecule has 2 fully saturated rings. The fourth-order valence-electron chi connectivity index (χ4n) is 4.05. The Kier molecular flexibility index (Phi) is 5.14. The van der Waals surface area contributed by atoms with E-state index in [-0.39, 0.29) is 19.8 Å². The SMILES string of the molecule is C[C@@H]1CN2C(=O)[C@H](OCc3ccccc3)[C@@H](OCc3ccccc3)[C@]2(O)C1(F)F. The maximum absolute atomic E-state index is 15.0. The first-order chi connectivity index (χ1) is 13.9. The third-order valence-corrected chi connectivity index (χ3v) is 5.70. The van der Waals surface area contributed by atoms with Crippen molar-refractivity contribution in [2.75, 3.05) is 6.54 Å². The first-order valence-corrected chi connectivity index (χ1v) is 9.58. The van der Waals surface area contributed by atoms with Gasteiger partial charge in [0.05, 0.1) is 13.2 Å². The lowest BCUT2D eigenvalue weighted by Gasteiger charge is -2.36. The highest BCUT2D eigenvalue weighted by atomic mass is 19.3. The summed E-state index contributed by atoms with van der Waals surface area (Å²) in [4.78, 5) is 13.7. The fraction of sp³-hybridized carbons (Fsp3) is 0.409. The van der Waals surface area contributed by atoms with Gasteiger partial charge in [0.25, 0.3) is 5.91 Å². The van der Waals surface area contributed by atoms with Crippen molar-refractivity contribution in [3.8, 4) is 0 Å². The zero-order valence-electron chi connectivity index (χ0n) is 16.0. The molecule has 154 valence electrons. The monoisotopic (exact) mass is 403 g/mol. The predicted octanol–water partition coefficient (Wildman–Crippen LogP) is 2.97.